The number of benzene rings is 1. The number of rotatable bonds is 3. The summed E-state index contributed by atoms with van der Waals surface area (Å²) in [7, 11) is 0. The van der Waals surface area contributed by atoms with E-state index in [2.05, 4.69) is 10.2 Å². The van der Waals surface area contributed by atoms with Crippen molar-refractivity contribution < 1.29 is 14.3 Å². The van der Waals surface area contributed by atoms with E-state index in [0.29, 0.717) is 6.42 Å². The first kappa shape index (κ1) is 16.3. The van der Waals surface area contributed by atoms with Crippen molar-refractivity contribution in [2.75, 3.05) is 6.54 Å². The Morgan fingerprint density at radius 3 is 3.04 bits per heavy atom. The van der Waals surface area contributed by atoms with E-state index < -0.39 is 6.10 Å². The number of aryl methyl sites for hydroxylation is 1. The zero-order valence-corrected chi connectivity index (χ0v) is 14.0. The number of fused-ring (bicyclic) bond motifs is 1. The predicted octanol–water partition coefficient (Wildman–Crippen LogP) is 2.30. The molecular formula is C19H22FN3O2. The number of β-amino-alcohol motifs (C(OH)–C–C–N with tert-alkyl or cyclic N) is 1. The van der Waals surface area contributed by atoms with E-state index >= 15 is 0 Å². The van der Waals surface area contributed by atoms with Crippen LogP contribution < -0.4 is 0 Å². The summed E-state index contributed by atoms with van der Waals surface area (Å²) in [6.07, 6.45) is 4.32. The Hall–Kier alpha value is -2.21. The van der Waals surface area contributed by atoms with Crippen LogP contribution in [0.1, 0.15) is 47.8 Å². The summed E-state index contributed by atoms with van der Waals surface area (Å²) in [6.45, 7) is 0.284. The van der Waals surface area contributed by atoms with Crippen LogP contribution in [0.4, 0.5) is 4.39 Å². The molecule has 1 aliphatic carbocycles. The lowest BCUT2D eigenvalue weighted by Crippen LogP contribution is -2.33. The highest BCUT2D eigenvalue weighted by molar-refractivity contribution is 5.79. The van der Waals surface area contributed by atoms with Gasteiger partial charge in [-0.05, 0) is 55.4 Å². The van der Waals surface area contributed by atoms with Gasteiger partial charge in [-0.25, -0.2) is 4.39 Å². The van der Waals surface area contributed by atoms with Crippen molar-refractivity contribution in [3.63, 3.8) is 0 Å². The molecule has 4 rings (SSSR count). The first-order chi connectivity index (χ1) is 12.1. The molecule has 0 spiro atoms. The molecule has 1 aliphatic heterocycles. The number of aliphatic hydroxyl groups excluding tert-OH is 1. The lowest BCUT2D eigenvalue weighted by Gasteiger charge is -2.25. The van der Waals surface area contributed by atoms with Crippen molar-refractivity contribution in [2.24, 2.45) is 0 Å². The van der Waals surface area contributed by atoms with Crippen LogP contribution >= 0.6 is 0 Å². The van der Waals surface area contributed by atoms with E-state index in [4.69, 9.17) is 0 Å². The number of H-pyrrole nitrogens is 1. The SMILES string of the molecule is O=C(Cc1n[nH]c2c1CCCC2)N1CC(O)CC1c1cccc(F)c1. The summed E-state index contributed by atoms with van der Waals surface area (Å²) < 4.78 is 13.6. The quantitative estimate of drug-likeness (QED) is 0.898. The smallest absolute Gasteiger partial charge is 0.229 e. The maximum atomic E-state index is 13.6. The van der Waals surface area contributed by atoms with Crippen molar-refractivity contribution in [1.82, 2.24) is 15.1 Å². The Kier molecular flexibility index (Phi) is 4.29. The summed E-state index contributed by atoms with van der Waals surface area (Å²) in [5.74, 6) is -0.390. The van der Waals surface area contributed by atoms with E-state index in [-0.39, 0.29) is 30.7 Å². The van der Waals surface area contributed by atoms with E-state index in [9.17, 15) is 14.3 Å². The molecule has 1 aromatic heterocycles. The van der Waals surface area contributed by atoms with E-state index in [0.717, 1.165) is 42.6 Å². The average molecular weight is 343 g/mol. The summed E-state index contributed by atoms with van der Waals surface area (Å²) in [4.78, 5) is 14.5. The van der Waals surface area contributed by atoms with Crippen LogP contribution in [-0.2, 0) is 24.1 Å². The van der Waals surface area contributed by atoms with Gasteiger partial charge < -0.3 is 10.0 Å². The Morgan fingerprint density at radius 1 is 1.36 bits per heavy atom. The fraction of sp³-hybridized carbons (Fsp3) is 0.474. The van der Waals surface area contributed by atoms with Crippen molar-refractivity contribution in [3.05, 3.63) is 52.6 Å². The molecule has 2 heterocycles. The van der Waals surface area contributed by atoms with Crippen LogP contribution in [0.3, 0.4) is 0 Å². The predicted molar refractivity (Wildman–Crippen MR) is 90.4 cm³/mol. The third-order valence-electron chi connectivity index (χ3n) is 5.29. The first-order valence-electron chi connectivity index (χ1n) is 8.90. The molecule has 0 saturated carbocycles. The van der Waals surface area contributed by atoms with Crippen LogP contribution in [0, 0.1) is 5.82 Å². The standard InChI is InChI=1S/C19H22FN3O2/c20-13-5-3-4-12(8-13)18-9-14(24)11-23(18)19(25)10-17-15-6-1-2-7-16(15)21-22-17/h3-5,8,14,18,24H,1-2,6-7,9-11H2,(H,21,22). The Morgan fingerprint density at radius 2 is 2.20 bits per heavy atom. The molecule has 2 aromatic rings. The molecular weight excluding hydrogens is 321 g/mol. The van der Waals surface area contributed by atoms with Crippen LogP contribution in [-0.4, -0.2) is 38.8 Å². The minimum Gasteiger partial charge on any atom is -0.391 e. The maximum Gasteiger partial charge on any atom is 0.229 e. The summed E-state index contributed by atoms with van der Waals surface area (Å²) in [5, 5.41) is 17.5. The van der Waals surface area contributed by atoms with Crippen LogP contribution in [0.15, 0.2) is 24.3 Å². The first-order valence-corrected chi connectivity index (χ1v) is 8.90. The molecule has 2 atom stereocenters. The minimum absolute atomic E-state index is 0.0642. The fourth-order valence-corrected chi connectivity index (χ4v) is 4.06. The number of hydrogen-bond donors (Lipinski definition) is 2. The molecule has 0 bridgehead atoms. The van der Waals surface area contributed by atoms with Crippen molar-refractivity contribution >= 4 is 5.91 Å². The van der Waals surface area contributed by atoms with Crippen LogP contribution in [0.5, 0.6) is 0 Å². The number of nitrogens with zero attached hydrogens (tertiary/aromatic N) is 2. The van der Waals surface area contributed by atoms with Gasteiger partial charge in [0.05, 0.1) is 24.3 Å². The Labute approximate surface area is 145 Å². The highest BCUT2D eigenvalue weighted by Gasteiger charge is 2.36. The third-order valence-corrected chi connectivity index (χ3v) is 5.29. The molecule has 1 amide bonds. The number of carbonyl (C=O) groups is 1. The van der Waals surface area contributed by atoms with Crippen LogP contribution in [0.2, 0.25) is 0 Å². The molecule has 1 fully saturated rings. The van der Waals surface area contributed by atoms with Gasteiger partial charge in [0.25, 0.3) is 0 Å². The molecule has 2 N–H and O–H groups in total. The monoisotopic (exact) mass is 343 g/mol. The Balaban J connectivity index is 1.55. The van der Waals surface area contributed by atoms with E-state index in [1.165, 1.54) is 17.7 Å². The van der Waals surface area contributed by atoms with E-state index in [1.807, 2.05) is 6.07 Å². The van der Waals surface area contributed by atoms with Gasteiger partial charge in [0.2, 0.25) is 5.91 Å². The van der Waals surface area contributed by atoms with Crippen molar-refractivity contribution in [3.8, 4) is 0 Å². The van der Waals surface area contributed by atoms with Crippen LogP contribution in [0.25, 0.3) is 0 Å². The molecule has 1 aromatic carbocycles. The number of hydrogen-bond acceptors (Lipinski definition) is 3. The number of halogens is 1. The number of nitrogens with one attached hydrogen (secondary N) is 1. The molecule has 2 unspecified atom stereocenters. The van der Waals surface area contributed by atoms with Gasteiger partial charge in [-0.2, -0.15) is 5.10 Å². The normalized spacial score (nSPS) is 22.9. The number of aromatic nitrogens is 2. The van der Waals surface area contributed by atoms with Gasteiger partial charge in [0.15, 0.2) is 0 Å². The zero-order chi connectivity index (χ0) is 17.4. The second-order valence-electron chi connectivity index (χ2n) is 7.02. The second kappa shape index (κ2) is 6.59. The fourth-order valence-electron chi connectivity index (χ4n) is 4.06. The lowest BCUT2D eigenvalue weighted by atomic mass is 9.95. The minimum atomic E-state index is -0.578. The largest absolute Gasteiger partial charge is 0.391 e. The number of likely N-dealkylation sites (tertiary alicyclic amines) is 1. The highest BCUT2D eigenvalue weighted by Crippen LogP contribution is 2.33. The van der Waals surface area contributed by atoms with Gasteiger partial charge in [-0.15, -0.1) is 0 Å². The second-order valence-corrected chi connectivity index (χ2v) is 7.02. The summed E-state index contributed by atoms with van der Waals surface area (Å²) in [6, 6.07) is 5.99. The van der Waals surface area contributed by atoms with Gasteiger partial charge in [-0.3, -0.25) is 9.89 Å². The number of amides is 1. The van der Waals surface area contributed by atoms with Gasteiger partial charge >= 0.3 is 0 Å². The molecule has 0 radical (unpaired) electrons. The van der Waals surface area contributed by atoms with Gasteiger partial charge in [0, 0.05) is 12.2 Å². The zero-order valence-electron chi connectivity index (χ0n) is 14.0. The molecule has 2 aliphatic rings. The highest BCUT2D eigenvalue weighted by atomic mass is 19.1. The topological polar surface area (TPSA) is 69.2 Å². The third kappa shape index (κ3) is 3.18. The molecule has 25 heavy (non-hydrogen) atoms. The average Bonchev–Trinajstić information content (AvgIpc) is 3.19. The molecule has 6 heteroatoms. The molecule has 132 valence electrons. The summed E-state index contributed by atoms with van der Waals surface area (Å²) >= 11 is 0. The number of aliphatic hydroxyl groups is 1. The lowest BCUT2D eigenvalue weighted by molar-refractivity contribution is -0.131. The number of carbonyl (C=O) groups excluding carboxylic acids is 1. The number of aromatic amines is 1. The van der Waals surface area contributed by atoms with Gasteiger partial charge in [-0.1, -0.05) is 12.1 Å². The van der Waals surface area contributed by atoms with Crippen molar-refractivity contribution in [1.29, 1.82) is 0 Å². The van der Waals surface area contributed by atoms with Gasteiger partial charge in [0.1, 0.15) is 5.82 Å². The molecule has 5 nitrogen and oxygen atoms in total. The maximum absolute atomic E-state index is 13.6. The Bertz CT molecular complexity index is 789. The van der Waals surface area contributed by atoms with Crippen molar-refractivity contribution in [2.45, 2.75) is 50.7 Å². The van der Waals surface area contributed by atoms with E-state index in [1.54, 1.807) is 11.0 Å². The summed E-state index contributed by atoms with van der Waals surface area (Å²) in [5.41, 5.74) is 3.88. The molecule has 1 saturated heterocycles.